The molecule has 3 aromatic heterocycles. The van der Waals surface area contributed by atoms with E-state index in [2.05, 4.69) is 25.1 Å². The van der Waals surface area contributed by atoms with Crippen LogP contribution in [0.3, 0.4) is 0 Å². The normalized spacial score (nSPS) is 14.5. The van der Waals surface area contributed by atoms with Crippen molar-refractivity contribution < 1.29 is 13.6 Å². The molecule has 0 saturated carbocycles. The van der Waals surface area contributed by atoms with E-state index >= 15 is 0 Å². The van der Waals surface area contributed by atoms with Crippen LogP contribution < -0.4 is 4.74 Å². The van der Waals surface area contributed by atoms with Gasteiger partial charge >= 0.3 is 0 Å². The number of rotatable bonds is 5. The van der Waals surface area contributed by atoms with E-state index in [0.717, 1.165) is 24.2 Å². The highest BCUT2D eigenvalue weighted by Gasteiger charge is 2.23. The summed E-state index contributed by atoms with van der Waals surface area (Å²) >= 11 is 0. The van der Waals surface area contributed by atoms with Gasteiger partial charge in [0.2, 0.25) is 11.8 Å². The zero-order valence-corrected chi connectivity index (χ0v) is 13.3. The van der Waals surface area contributed by atoms with Crippen LogP contribution in [-0.4, -0.2) is 38.2 Å². The Morgan fingerprint density at radius 1 is 1.29 bits per heavy atom. The Kier molecular flexibility index (Phi) is 3.96. The molecule has 8 nitrogen and oxygen atoms in total. The van der Waals surface area contributed by atoms with Crippen LogP contribution in [0.25, 0.3) is 11.7 Å². The second-order valence-electron chi connectivity index (χ2n) is 5.48. The summed E-state index contributed by atoms with van der Waals surface area (Å²) in [6.45, 7) is 4.66. The van der Waals surface area contributed by atoms with Crippen LogP contribution in [0.4, 0.5) is 0 Å². The van der Waals surface area contributed by atoms with Crippen molar-refractivity contribution >= 4 is 0 Å². The van der Waals surface area contributed by atoms with Gasteiger partial charge in [-0.05, 0) is 19.1 Å². The predicted molar refractivity (Wildman–Crippen MR) is 83.0 cm³/mol. The van der Waals surface area contributed by atoms with Gasteiger partial charge in [-0.2, -0.15) is 0 Å². The molecule has 1 aliphatic rings. The molecule has 24 heavy (non-hydrogen) atoms. The van der Waals surface area contributed by atoms with E-state index in [0.29, 0.717) is 43.1 Å². The quantitative estimate of drug-likeness (QED) is 0.703. The van der Waals surface area contributed by atoms with Gasteiger partial charge < -0.3 is 13.6 Å². The van der Waals surface area contributed by atoms with Crippen molar-refractivity contribution in [3.63, 3.8) is 0 Å². The molecule has 0 bridgehead atoms. The molecule has 0 N–H and O–H groups in total. The number of furan rings is 1. The Morgan fingerprint density at radius 2 is 2.25 bits per heavy atom. The average molecular weight is 327 g/mol. The SMILES string of the molecule is CCOc1ncnc2c1CN(Cc1nnc(-c3ccco3)o1)CC2. The van der Waals surface area contributed by atoms with E-state index < -0.39 is 0 Å². The lowest BCUT2D eigenvalue weighted by Gasteiger charge is -2.27. The van der Waals surface area contributed by atoms with Crippen LogP contribution in [0, 0.1) is 0 Å². The smallest absolute Gasteiger partial charge is 0.283 e. The molecule has 0 radical (unpaired) electrons. The summed E-state index contributed by atoms with van der Waals surface area (Å²) in [5, 5.41) is 8.13. The second kappa shape index (κ2) is 6.40. The zero-order chi connectivity index (χ0) is 16.4. The molecule has 0 amide bonds. The number of hydrogen-bond donors (Lipinski definition) is 0. The van der Waals surface area contributed by atoms with Crippen LogP contribution in [-0.2, 0) is 19.5 Å². The largest absolute Gasteiger partial charge is 0.478 e. The number of hydrogen-bond acceptors (Lipinski definition) is 8. The lowest BCUT2D eigenvalue weighted by atomic mass is 10.1. The van der Waals surface area contributed by atoms with Crippen LogP contribution in [0.5, 0.6) is 5.88 Å². The van der Waals surface area contributed by atoms with Gasteiger partial charge in [0.05, 0.1) is 25.1 Å². The minimum Gasteiger partial charge on any atom is -0.478 e. The first kappa shape index (κ1) is 14.8. The van der Waals surface area contributed by atoms with E-state index in [4.69, 9.17) is 13.6 Å². The topological polar surface area (TPSA) is 90.3 Å². The fourth-order valence-electron chi connectivity index (χ4n) is 2.78. The summed E-state index contributed by atoms with van der Waals surface area (Å²) in [6.07, 6.45) is 3.99. The minimum absolute atomic E-state index is 0.394. The van der Waals surface area contributed by atoms with Crippen molar-refractivity contribution in [2.24, 2.45) is 0 Å². The van der Waals surface area contributed by atoms with E-state index in [-0.39, 0.29) is 0 Å². The molecule has 124 valence electrons. The van der Waals surface area contributed by atoms with Crippen LogP contribution in [0.1, 0.15) is 24.1 Å². The average Bonchev–Trinajstić information content (AvgIpc) is 3.27. The summed E-state index contributed by atoms with van der Waals surface area (Å²) in [4.78, 5) is 10.8. The number of aromatic nitrogens is 4. The first-order valence-corrected chi connectivity index (χ1v) is 7.87. The molecular weight excluding hydrogens is 310 g/mol. The van der Waals surface area contributed by atoms with Crippen molar-refractivity contribution in [3.05, 3.63) is 41.9 Å². The van der Waals surface area contributed by atoms with E-state index in [1.807, 2.05) is 6.92 Å². The second-order valence-corrected chi connectivity index (χ2v) is 5.48. The van der Waals surface area contributed by atoms with Gasteiger partial charge in [0.15, 0.2) is 5.76 Å². The maximum absolute atomic E-state index is 5.68. The Labute approximate surface area is 138 Å². The van der Waals surface area contributed by atoms with Gasteiger partial charge in [0.25, 0.3) is 5.89 Å². The van der Waals surface area contributed by atoms with Gasteiger partial charge in [-0.15, -0.1) is 10.2 Å². The Hall–Kier alpha value is -2.74. The van der Waals surface area contributed by atoms with Gasteiger partial charge in [0, 0.05) is 25.1 Å². The molecule has 8 heteroatoms. The third-order valence-corrected chi connectivity index (χ3v) is 3.88. The zero-order valence-electron chi connectivity index (χ0n) is 13.3. The number of fused-ring (bicyclic) bond motifs is 1. The molecule has 0 saturated heterocycles. The number of ether oxygens (including phenoxy) is 1. The molecule has 0 fully saturated rings. The van der Waals surface area contributed by atoms with Crippen LogP contribution in [0.2, 0.25) is 0 Å². The van der Waals surface area contributed by atoms with E-state index in [9.17, 15) is 0 Å². The predicted octanol–water partition coefficient (Wildman–Crippen LogP) is 2.08. The van der Waals surface area contributed by atoms with Crippen molar-refractivity contribution in [2.45, 2.75) is 26.4 Å². The van der Waals surface area contributed by atoms with Crippen molar-refractivity contribution in [1.82, 2.24) is 25.1 Å². The van der Waals surface area contributed by atoms with Crippen molar-refractivity contribution in [1.29, 1.82) is 0 Å². The minimum atomic E-state index is 0.394. The summed E-state index contributed by atoms with van der Waals surface area (Å²) in [5.74, 6) is 2.18. The van der Waals surface area contributed by atoms with Crippen LogP contribution >= 0.6 is 0 Å². The van der Waals surface area contributed by atoms with E-state index in [1.54, 1.807) is 24.7 Å². The monoisotopic (exact) mass is 327 g/mol. The molecule has 4 rings (SSSR count). The highest BCUT2D eigenvalue weighted by molar-refractivity contribution is 5.42. The van der Waals surface area contributed by atoms with Gasteiger partial charge in [-0.25, -0.2) is 9.97 Å². The van der Waals surface area contributed by atoms with Crippen molar-refractivity contribution in [3.8, 4) is 17.5 Å². The molecule has 0 unspecified atom stereocenters. The molecule has 0 aliphatic carbocycles. The summed E-state index contributed by atoms with van der Waals surface area (Å²) in [7, 11) is 0. The Bertz CT molecular complexity index is 815. The fraction of sp³-hybridized carbons (Fsp3) is 0.375. The molecule has 1 aliphatic heterocycles. The Morgan fingerprint density at radius 3 is 3.08 bits per heavy atom. The molecule has 4 heterocycles. The molecule has 0 atom stereocenters. The molecule has 0 aromatic carbocycles. The Balaban J connectivity index is 1.49. The first-order valence-electron chi connectivity index (χ1n) is 7.87. The van der Waals surface area contributed by atoms with E-state index in [1.165, 1.54) is 0 Å². The third-order valence-electron chi connectivity index (χ3n) is 3.88. The lowest BCUT2D eigenvalue weighted by Crippen LogP contribution is -2.31. The van der Waals surface area contributed by atoms with Crippen molar-refractivity contribution in [2.75, 3.05) is 13.2 Å². The maximum Gasteiger partial charge on any atom is 0.283 e. The highest BCUT2D eigenvalue weighted by atomic mass is 16.5. The van der Waals surface area contributed by atoms with Crippen LogP contribution in [0.15, 0.2) is 33.6 Å². The fourth-order valence-corrected chi connectivity index (χ4v) is 2.78. The number of nitrogens with zero attached hydrogens (tertiary/aromatic N) is 5. The van der Waals surface area contributed by atoms with Gasteiger partial charge in [-0.1, -0.05) is 0 Å². The molecule has 3 aromatic rings. The maximum atomic E-state index is 5.68. The standard InChI is InChI=1S/C16H17N5O3/c1-2-22-15-11-8-21(6-5-12(11)17-10-18-15)9-14-19-20-16(24-14)13-4-3-7-23-13/h3-4,7,10H,2,5-6,8-9H2,1H3. The summed E-state index contributed by atoms with van der Waals surface area (Å²) < 4.78 is 16.6. The molecule has 0 spiro atoms. The highest BCUT2D eigenvalue weighted by Crippen LogP contribution is 2.26. The lowest BCUT2D eigenvalue weighted by molar-refractivity contribution is 0.211. The van der Waals surface area contributed by atoms with Gasteiger partial charge in [0.1, 0.15) is 6.33 Å². The summed E-state index contributed by atoms with van der Waals surface area (Å²) in [5.41, 5.74) is 2.09. The third kappa shape index (κ3) is 2.88. The first-order chi connectivity index (χ1) is 11.8. The van der Waals surface area contributed by atoms with Gasteiger partial charge in [-0.3, -0.25) is 4.90 Å². The summed E-state index contributed by atoms with van der Waals surface area (Å²) in [6, 6.07) is 3.58. The molecular formula is C16H17N5O3.